The van der Waals surface area contributed by atoms with Crippen molar-refractivity contribution in [2.75, 3.05) is 0 Å². The monoisotopic (exact) mass is 1440 g/mol. The Kier molecular flexibility index (Phi) is 21.6. The van der Waals surface area contributed by atoms with Crippen LogP contribution in [-0.4, -0.2) is 34.9 Å². The van der Waals surface area contributed by atoms with Crippen molar-refractivity contribution in [3.63, 3.8) is 0 Å². The molecule has 15 aromatic carbocycles. The Morgan fingerprint density at radius 2 is 0.482 bits per heavy atom. The molecule has 0 aliphatic carbocycles. The average molecular weight is 1440 g/mol. The first-order valence-corrected chi connectivity index (χ1v) is 37.8. The lowest BCUT2D eigenvalue weighted by Gasteiger charge is -2.12. The Hall–Kier alpha value is -14.5. The van der Waals surface area contributed by atoms with Gasteiger partial charge in [0.1, 0.15) is 5.82 Å². The number of pyridine rings is 2. The molecule has 7 heteroatoms. The van der Waals surface area contributed by atoms with Gasteiger partial charge in [0.05, 0.1) is 34.2 Å². The first-order chi connectivity index (χ1) is 55.1. The third-order valence-corrected chi connectivity index (χ3v) is 19.9. The molecule has 0 atom stereocenters. The van der Waals surface area contributed by atoms with Crippen molar-refractivity contribution in [2.24, 2.45) is 0 Å². The smallest absolute Gasteiger partial charge is 0.163 e. The summed E-state index contributed by atoms with van der Waals surface area (Å²) < 4.78 is 0. The summed E-state index contributed by atoms with van der Waals surface area (Å²) in [7, 11) is 0. The molecule has 0 saturated carbocycles. The Labute approximate surface area is 654 Å². The van der Waals surface area contributed by atoms with E-state index in [1.54, 1.807) is 0 Å². The van der Waals surface area contributed by atoms with E-state index in [9.17, 15) is 0 Å². The second kappa shape index (κ2) is 33.7. The zero-order valence-corrected chi connectivity index (χ0v) is 62.8. The summed E-state index contributed by atoms with van der Waals surface area (Å²) in [6.07, 6.45) is 0. The lowest BCUT2D eigenvalue weighted by Crippen LogP contribution is -1.99. The van der Waals surface area contributed by atoms with E-state index >= 15 is 0 Å². The minimum absolute atomic E-state index is 0.700. The summed E-state index contributed by atoms with van der Waals surface area (Å²) in [4.78, 5) is 33.7. The van der Waals surface area contributed by atoms with E-state index in [1.165, 1.54) is 77.0 Å². The molecular formula is C105H79N7. The second-order valence-electron chi connectivity index (χ2n) is 27.8. The number of fused-ring (bicyclic) bond motifs is 3. The molecule has 4 aromatic heterocycles. The van der Waals surface area contributed by atoms with Crippen LogP contribution in [0.15, 0.2) is 406 Å². The average Bonchev–Trinajstić information content (AvgIpc) is 0.776. The molecule has 7 nitrogen and oxygen atoms in total. The summed E-state index contributed by atoms with van der Waals surface area (Å²) >= 11 is 0. The quantitative estimate of drug-likeness (QED) is 0.120. The van der Waals surface area contributed by atoms with Gasteiger partial charge >= 0.3 is 0 Å². The van der Waals surface area contributed by atoms with E-state index in [0.717, 1.165) is 101 Å². The zero-order valence-electron chi connectivity index (χ0n) is 62.8. The first-order valence-electron chi connectivity index (χ1n) is 37.8. The van der Waals surface area contributed by atoms with Crippen LogP contribution in [0.25, 0.3) is 167 Å². The summed E-state index contributed by atoms with van der Waals surface area (Å²) in [5.74, 6) is 2.87. The van der Waals surface area contributed by atoms with Crippen molar-refractivity contribution >= 4 is 32.3 Å². The molecule has 0 saturated heterocycles. The number of rotatable bonds is 12. The highest BCUT2D eigenvalue weighted by molar-refractivity contribution is 5.99. The molecule has 534 valence electrons. The van der Waals surface area contributed by atoms with Gasteiger partial charge < -0.3 is 0 Å². The second-order valence-corrected chi connectivity index (χ2v) is 27.8. The van der Waals surface area contributed by atoms with E-state index in [2.05, 4.69) is 363 Å². The first kappa shape index (κ1) is 71.7. The predicted octanol–water partition coefficient (Wildman–Crippen LogP) is 27.2. The zero-order chi connectivity index (χ0) is 76.0. The largest absolute Gasteiger partial charge is 0.248 e. The Balaban J connectivity index is 0.000000113. The molecular weight excluding hydrogens is 1360 g/mol. The van der Waals surface area contributed by atoms with Gasteiger partial charge in [-0.1, -0.05) is 387 Å². The maximum atomic E-state index is 5.07. The molecule has 19 rings (SSSR count). The minimum atomic E-state index is 0.700. The number of aromatic nitrogens is 7. The number of hydrogen-bond donors (Lipinski definition) is 0. The van der Waals surface area contributed by atoms with Crippen LogP contribution < -0.4 is 0 Å². The summed E-state index contributed by atoms with van der Waals surface area (Å²) in [6, 6.07) is 141. The molecule has 0 spiro atoms. The maximum Gasteiger partial charge on any atom is 0.163 e. The Morgan fingerprint density at radius 1 is 0.161 bits per heavy atom. The lowest BCUT2D eigenvalue weighted by molar-refractivity contribution is 0.992. The molecule has 0 radical (unpaired) electrons. The number of hydrogen-bond acceptors (Lipinski definition) is 7. The van der Waals surface area contributed by atoms with Gasteiger partial charge in [-0.05, 0) is 129 Å². The fourth-order valence-corrected chi connectivity index (χ4v) is 14.2. The van der Waals surface area contributed by atoms with Crippen LogP contribution >= 0.6 is 0 Å². The maximum absolute atomic E-state index is 5.07. The van der Waals surface area contributed by atoms with Crippen molar-refractivity contribution < 1.29 is 0 Å². The molecule has 0 aliphatic rings. The highest BCUT2D eigenvalue weighted by Crippen LogP contribution is 2.38. The molecule has 0 fully saturated rings. The molecule has 0 amide bonds. The predicted molar refractivity (Wildman–Crippen MR) is 467 cm³/mol. The topological polar surface area (TPSA) is 90.2 Å². The highest BCUT2D eigenvalue weighted by atomic mass is 15.0. The molecule has 0 N–H and O–H groups in total. The SMILES string of the molecule is Cc1ccc(-c2cc(-c3ccccc3)nc(-c3cccc4ccccc34)c2)cc1.Cc1cccc(-c2cc(-c3ccccc3)nc(-c3cccc4ccccc34)c2)c1.Cc1ccccc1-c1cc(-c2ccccc2)nc(-c2cccc3ccccc23)n1.Cc1nc(-c2ccccc2)nc(-c2ccc(-c3ccccc3)cc2)n1. The van der Waals surface area contributed by atoms with Crippen molar-refractivity contribution in [1.29, 1.82) is 0 Å². The molecule has 19 aromatic rings. The van der Waals surface area contributed by atoms with Gasteiger partial charge in [-0.3, -0.25) is 0 Å². The molecule has 0 bridgehead atoms. The fraction of sp³-hybridized carbons (Fsp3) is 0.0381. The van der Waals surface area contributed by atoms with Gasteiger partial charge in [-0.15, -0.1) is 0 Å². The Morgan fingerprint density at radius 3 is 0.982 bits per heavy atom. The lowest BCUT2D eigenvalue weighted by atomic mass is 9.96. The fourth-order valence-electron chi connectivity index (χ4n) is 14.2. The van der Waals surface area contributed by atoms with Crippen molar-refractivity contribution in [1.82, 2.24) is 34.9 Å². The van der Waals surface area contributed by atoms with Crippen LogP contribution in [-0.2, 0) is 0 Å². The highest BCUT2D eigenvalue weighted by Gasteiger charge is 2.17. The van der Waals surface area contributed by atoms with E-state index in [4.69, 9.17) is 19.9 Å². The normalized spacial score (nSPS) is 10.9. The van der Waals surface area contributed by atoms with Gasteiger partial charge in [0.15, 0.2) is 17.5 Å². The Bertz CT molecular complexity index is 6440. The van der Waals surface area contributed by atoms with Crippen LogP contribution in [0.1, 0.15) is 22.5 Å². The van der Waals surface area contributed by atoms with Crippen LogP contribution in [0.5, 0.6) is 0 Å². The summed E-state index contributed by atoms with van der Waals surface area (Å²) in [6.45, 7) is 8.27. The van der Waals surface area contributed by atoms with E-state index in [0.29, 0.717) is 11.6 Å². The summed E-state index contributed by atoms with van der Waals surface area (Å²) in [5.41, 5.74) is 26.6. The van der Waals surface area contributed by atoms with Crippen LogP contribution in [0.4, 0.5) is 0 Å². The molecule has 0 aliphatic heterocycles. The van der Waals surface area contributed by atoms with Gasteiger partial charge in [0, 0.05) is 50.1 Å². The van der Waals surface area contributed by atoms with Gasteiger partial charge in [0.25, 0.3) is 0 Å². The van der Waals surface area contributed by atoms with E-state index < -0.39 is 0 Å². The van der Waals surface area contributed by atoms with Gasteiger partial charge in [-0.25, -0.2) is 34.9 Å². The third kappa shape index (κ3) is 16.8. The number of aryl methyl sites for hydroxylation is 4. The van der Waals surface area contributed by atoms with Crippen molar-refractivity contribution in [3.8, 4) is 135 Å². The molecule has 0 unspecified atom stereocenters. The van der Waals surface area contributed by atoms with Crippen molar-refractivity contribution in [2.45, 2.75) is 27.7 Å². The molecule has 4 heterocycles. The molecule has 112 heavy (non-hydrogen) atoms. The van der Waals surface area contributed by atoms with Gasteiger partial charge in [0.2, 0.25) is 0 Å². The third-order valence-electron chi connectivity index (χ3n) is 19.9. The van der Waals surface area contributed by atoms with Crippen molar-refractivity contribution in [3.05, 3.63) is 429 Å². The van der Waals surface area contributed by atoms with Crippen LogP contribution in [0.3, 0.4) is 0 Å². The van der Waals surface area contributed by atoms with E-state index in [-0.39, 0.29) is 0 Å². The standard InChI is InChI=1S/2C28H21N.C27H20N2.C22H17N3/c1-20-9-7-14-23(17-20)24-18-27(22-11-3-2-4-12-22)29-28(19-24)26-16-8-13-21-10-5-6-15-25(21)26;1-20-14-16-21(17-15-20)24-18-27(23-9-3-2-4-10-23)29-28(19-24)26-13-7-11-22-8-5-6-12-25(22)26;1-19-10-5-7-15-22(19)26-18-25(21-12-3-2-4-13-21)28-27(29-26)24-17-9-14-20-11-6-8-16-23(20)24;1-16-23-21(19-10-6-3-7-11-19)25-22(24-16)20-14-12-18(13-15-20)17-8-4-2-5-9-17/h2*2-19H,1H3;2-18H,1H3;2-15H,1H3. The van der Waals surface area contributed by atoms with E-state index in [1.807, 2.05) is 85.8 Å². The summed E-state index contributed by atoms with van der Waals surface area (Å²) in [5, 5.41) is 7.26. The minimum Gasteiger partial charge on any atom is -0.248 e. The van der Waals surface area contributed by atoms with Crippen LogP contribution in [0, 0.1) is 27.7 Å². The van der Waals surface area contributed by atoms with Crippen LogP contribution in [0.2, 0.25) is 0 Å². The number of nitrogens with zero attached hydrogens (tertiary/aromatic N) is 7. The number of benzene rings is 15. The van der Waals surface area contributed by atoms with Gasteiger partial charge in [-0.2, -0.15) is 0 Å².